The first kappa shape index (κ1) is 18.9. The molecule has 0 aromatic heterocycles. The second-order valence-corrected chi connectivity index (χ2v) is 3.89. The molecule has 0 N–H and O–H groups in total. The zero-order valence-corrected chi connectivity index (χ0v) is 13.7. The van der Waals surface area contributed by atoms with Gasteiger partial charge in [-0.1, -0.05) is 72.8 Å². The van der Waals surface area contributed by atoms with Gasteiger partial charge < -0.3 is 0 Å². The second kappa shape index (κ2) is 10.7. The van der Waals surface area contributed by atoms with Crippen LogP contribution in [0.25, 0.3) is 12.2 Å². The summed E-state index contributed by atoms with van der Waals surface area (Å²) >= 11 is 0. The van der Waals surface area contributed by atoms with E-state index in [2.05, 4.69) is 0 Å². The minimum Gasteiger partial charge on any atom is -0.290 e. The van der Waals surface area contributed by atoms with E-state index in [1.165, 1.54) is 0 Å². The molecule has 0 saturated heterocycles. The van der Waals surface area contributed by atoms with Gasteiger partial charge in [-0.2, -0.15) is 0 Å². The Bertz CT molecular complexity index is 509. The zero-order valence-electron chi connectivity index (χ0n) is 10.6. The van der Waals surface area contributed by atoms with Crippen molar-refractivity contribution in [1.29, 1.82) is 0 Å². The van der Waals surface area contributed by atoms with Crippen LogP contribution < -0.4 is 0 Å². The van der Waals surface area contributed by atoms with Crippen LogP contribution >= 0.6 is 0 Å². The fourth-order valence-electron chi connectivity index (χ4n) is 1.54. The average Bonchev–Trinajstić information content (AvgIpc) is 2.45. The van der Waals surface area contributed by atoms with Crippen molar-refractivity contribution < 1.29 is 45.6 Å². The van der Waals surface area contributed by atoms with Crippen molar-refractivity contribution in [2.24, 2.45) is 0 Å². The van der Waals surface area contributed by atoms with Crippen LogP contribution in [0.1, 0.15) is 11.1 Å². The van der Waals surface area contributed by atoms with Crippen molar-refractivity contribution in [3.8, 4) is 0 Å². The van der Waals surface area contributed by atoms with E-state index in [0.29, 0.717) is 0 Å². The van der Waals surface area contributed by atoms with Crippen LogP contribution in [-0.4, -0.2) is 5.78 Å². The maximum Gasteiger partial charge on any atom is 0.178 e. The molecule has 0 radical (unpaired) electrons. The minimum absolute atomic E-state index is 0. The third kappa shape index (κ3) is 6.90. The van der Waals surface area contributed by atoms with Crippen LogP contribution in [0, 0.1) is 0 Å². The molecular formula is C17H14OPd2. The number of hydrogen-bond acceptors (Lipinski definition) is 1. The summed E-state index contributed by atoms with van der Waals surface area (Å²) in [5.74, 6) is -0.0114. The Morgan fingerprint density at radius 2 is 1.00 bits per heavy atom. The first-order chi connectivity index (χ1) is 8.84. The number of allylic oxidation sites excluding steroid dienone is 2. The van der Waals surface area contributed by atoms with Gasteiger partial charge in [0, 0.05) is 40.8 Å². The summed E-state index contributed by atoms with van der Waals surface area (Å²) in [7, 11) is 0. The van der Waals surface area contributed by atoms with Gasteiger partial charge in [0.1, 0.15) is 0 Å². The molecule has 1 nitrogen and oxygen atoms in total. The molecule has 0 aliphatic rings. The van der Waals surface area contributed by atoms with E-state index < -0.39 is 0 Å². The molecule has 0 aliphatic carbocycles. The molecule has 0 unspecified atom stereocenters. The minimum atomic E-state index is -0.0114. The van der Waals surface area contributed by atoms with Crippen molar-refractivity contribution in [3.05, 3.63) is 83.9 Å². The maximum atomic E-state index is 11.6. The third-order valence-electron chi connectivity index (χ3n) is 2.48. The number of carbonyl (C=O) groups is 1. The van der Waals surface area contributed by atoms with Gasteiger partial charge in [0.25, 0.3) is 0 Å². The molecule has 2 rings (SSSR count). The van der Waals surface area contributed by atoms with Gasteiger partial charge in [0.05, 0.1) is 0 Å². The maximum absolute atomic E-state index is 11.6. The Kier molecular flexibility index (Phi) is 10.1. The molecule has 0 aliphatic heterocycles. The van der Waals surface area contributed by atoms with Gasteiger partial charge >= 0.3 is 0 Å². The van der Waals surface area contributed by atoms with E-state index in [0.717, 1.165) is 11.1 Å². The molecule has 0 saturated carbocycles. The topological polar surface area (TPSA) is 17.1 Å². The normalized spacial score (nSPS) is 10.0. The van der Waals surface area contributed by atoms with Crippen LogP contribution in [0.5, 0.6) is 0 Å². The van der Waals surface area contributed by atoms with Crippen molar-refractivity contribution in [2.75, 3.05) is 0 Å². The Morgan fingerprint density at radius 3 is 1.35 bits per heavy atom. The molecule has 108 valence electrons. The van der Waals surface area contributed by atoms with Crippen molar-refractivity contribution in [2.45, 2.75) is 0 Å². The molecular weight excluding hydrogens is 433 g/mol. The molecule has 0 spiro atoms. The van der Waals surface area contributed by atoms with Gasteiger partial charge in [-0.15, -0.1) is 0 Å². The summed E-state index contributed by atoms with van der Waals surface area (Å²) in [6, 6.07) is 19.6. The summed E-state index contributed by atoms with van der Waals surface area (Å²) in [5.41, 5.74) is 2.05. The van der Waals surface area contributed by atoms with Gasteiger partial charge in [0.2, 0.25) is 0 Å². The zero-order chi connectivity index (χ0) is 12.6. The molecule has 2 aromatic carbocycles. The van der Waals surface area contributed by atoms with Crippen LogP contribution in [0.3, 0.4) is 0 Å². The van der Waals surface area contributed by atoms with Gasteiger partial charge in [0.15, 0.2) is 5.78 Å². The summed E-state index contributed by atoms with van der Waals surface area (Å²) in [6.45, 7) is 0. The molecule has 0 atom stereocenters. The Hall–Kier alpha value is -1.09. The number of rotatable bonds is 4. The largest absolute Gasteiger partial charge is 0.290 e. The van der Waals surface area contributed by atoms with E-state index >= 15 is 0 Å². The van der Waals surface area contributed by atoms with Gasteiger partial charge in [-0.3, -0.25) is 4.79 Å². The molecule has 0 fully saturated rings. The standard InChI is InChI=1S/C17H14O.2Pd/c18-17(13-11-15-7-3-1-4-8-15)14-12-16-9-5-2-6-10-16;;/h1-14H;;/b13-11-,14-12?;;. The summed E-state index contributed by atoms with van der Waals surface area (Å²) in [5, 5.41) is 0. The number of carbonyl (C=O) groups excluding carboxylic acids is 1. The predicted octanol–water partition coefficient (Wildman–Crippen LogP) is 3.98. The van der Waals surface area contributed by atoms with E-state index in [-0.39, 0.29) is 46.6 Å². The van der Waals surface area contributed by atoms with Crippen molar-refractivity contribution >= 4 is 17.9 Å². The van der Waals surface area contributed by atoms with Crippen LogP contribution in [-0.2, 0) is 45.6 Å². The van der Waals surface area contributed by atoms with Crippen LogP contribution in [0.4, 0.5) is 0 Å². The van der Waals surface area contributed by atoms with Crippen molar-refractivity contribution in [3.63, 3.8) is 0 Å². The summed E-state index contributed by atoms with van der Waals surface area (Å²) in [6.07, 6.45) is 6.79. The Balaban J connectivity index is 0.00000180. The first-order valence-corrected chi connectivity index (χ1v) is 5.85. The fraction of sp³-hybridized carbons (Fsp3) is 0. The predicted molar refractivity (Wildman–Crippen MR) is 76.0 cm³/mol. The SMILES string of the molecule is O=C(C=Cc1ccccc1)/C=C\c1ccccc1.[Pd].[Pd]. The second-order valence-electron chi connectivity index (χ2n) is 3.89. The van der Waals surface area contributed by atoms with E-state index in [4.69, 9.17) is 0 Å². The van der Waals surface area contributed by atoms with Crippen LogP contribution in [0.2, 0.25) is 0 Å². The molecule has 0 heterocycles. The Labute approximate surface area is 147 Å². The smallest absolute Gasteiger partial charge is 0.178 e. The fourth-order valence-corrected chi connectivity index (χ4v) is 1.54. The Morgan fingerprint density at radius 1 is 0.650 bits per heavy atom. The van der Waals surface area contributed by atoms with E-state index in [9.17, 15) is 4.79 Å². The number of hydrogen-bond donors (Lipinski definition) is 0. The third-order valence-corrected chi connectivity index (χ3v) is 2.48. The molecule has 0 bridgehead atoms. The van der Waals surface area contributed by atoms with Crippen molar-refractivity contribution in [1.82, 2.24) is 0 Å². The molecule has 3 heteroatoms. The number of benzene rings is 2. The first-order valence-electron chi connectivity index (χ1n) is 5.85. The van der Waals surface area contributed by atoms with E-state index in [1.54, 1.807) is 12.2 Å². The average molecular weight is 447 g/mol. The number of ketones is 1. The monoisotopic (exact) mass is 446 g/mol. The molecule has 2 aromatic rings. The van der Waals surface area contributed by atoms with Crippen LogP contribution in [0.15, 0.2) is 72.8 Å². The molecule has 0 amide bonds. The summed E-state index contributed by atoms with van der Waals surface area (Å²) < 4.78 is 0. The molecule has 20 heavy (non-hydrogen) atoms. The van der Waals surface area contributed by atoms with Gasteiger partial charge in [-0.05, 0) is 23.3 Å². The summed E-state index contributed by atoms with van der Waals surface area (Å²) in [4.78, 5) is 11.6. The van der Waals surface area contributed by atoms with E-state index in [1.807, 2.05) is 72.8 Å². The quantitative estimate of drug-likeness (QED) is 0.512. The van der Waals surface area contributed by atoms with Gasteiger partial charge in [-0.25, -0.2) is 0 Å².